The normalized spacial score (nSPS) is 14.8. The molecule has 1 aromatic rings. The zero-order valence-corrected chi connectivity index (χ0v) is 12.5. The van der Waals surface area contributed by atoms with Crippen LogP contribution in [0.25, 0.3) is 0 Å². The largest absolute Gasteiger partial charge is 0.384 e. The van der Waals surface area contributed by atoms with Gasteiger partial charge in [-0.1, -0.05) is 13.8 Å². The minimum Gasteiger partial charge on any atom is -0.384 e. The zero-order chi connectivity index (χ0) is 14.5. The number of carbonyl (C=O) groups is 1. The molecule has 2 rings (SSSR count). The first-order valence-corrected chi connectivity index (χ1v) is 7.37. The van der Waals surface area contributed by atoms with Gasteiger partial charge in [-0.05, 0) is 43.0 Å². The van der Waals surface area contributed by atoms with Gasteiger partial charge in [0.15, 0.2) is 0 Å². The van der Waals surface area contributed by atoms with Crippen LogP contribution in [0, 0.1) is 5.92 Å². The highest BCUT2D eigenvalue weighted by Crippen LogP contribution is 2.23. The second kappa shape index (κ2) is 6.75. The van der Waals surface area contributed by atoms with Crippen LogP contribution in [0.15, 0.2) is 18.2 Å². The van der Waals surface area contributed by atoms with E-state index in [1.807, 2.05) is 25.1 Å². The van der Waals surface area contributed by atoms with E-state index in [1.54, 1.807) is 0 Å². The third-order valence-corrected chi connectivity index (χ3v) is 3.70. The topological polar surface area (TPSA) is 50.4 Å². The third-order valence-electron chi connectivity index (χ3n) is 3.70. The van der Waals surface area contributed by atoms with Crippen LogP contribution in [0.5, 0.6) is 0 Å². The summed E-state index contributed by atoms with van der Waals surface area (Å²) in [6.07, 6.45) is 0.989. The number of amides is 1. The van der Waals surface area contributed by atoms with E-state index in [4.69, 9.17) is 4.74 Å². The SMILES string of the molecule is CCOCC(NC(=O)c1ccc2c(c1)CCN2)C(C)C. The van der Waals surface area contributed by atoms with Crippen molar-refractivity contribution in [2.24, 2.45) is 5.92 Å². The fourth-order valence-electron chi connectivity index (χ4n) is 2.34. The van der Waals surface area contributed by atoms with Crippen LogP contribution in [-0.2, 0) is 11.2 Å². The lowest BCUT2D eigenvalue weighted by Crippen LogP contribution is -2.41. The molecule has 4 heteroatoms. The van der Waals surface area contributed by atoms with Gasteiger partial charge >= 0.3 is 0 Å². The standard InChI is InChI=1S/C16H24N2O2/c1-4-20-10-15(11(2)3)18-16(19)13-5-6-14-12(9-13)7-8-17-14/h5-6,9,11,15,17H,4,7-8,10H2,1-3H3,(H,18,19). The van der Waals surface area contributed by atoms with Crippen LogP contribution in [0.3, 0.4) is 0 Å². The average molecular weight is 276 g/mol. The second-order valence-corrected chi connectivity index (χ2v) is 5.53. The van der Waals surface area contributed by atoms with E-state index in [1.165, 1.54) is 5.56 Å². The second-order valence-electron chi connectivity index (χ2n) is 5.53. The Balaban J connectivity index is 2.02. The van der Waals surface area contributed by atoms with E-state index >= 15 is 0 Å². The van der Waals surface area contributed by atoms with Crippen molar-refractivity contribution in [1.29, 1.82) is 0 Å². The van der Waals surface area contributed by atoms with Crippen LogP contribution >= 0.6 is 0 Å². The Hall–Kier alpha value is -1.55. The summed E-state index contributed by atoms with van der Waals surface area (Å²) < 4.78 is 5.44. The summed E-state index contributed by atoms with van der Waals surface area (Å²) in [4.78, 5) is 12.3. The molecule has 1 heterocycles. The fourth-order valence-corrected chi connectivity index (χ4v) is 2.34. The van der Waals surface area contributed by atoms with Gasteiger partial charge in [0.2, 0.25) is 0 Å². The van der Waals surface area contributed by atoms with Gasteiger partial charge in [0.05, 0.1) is 12.6 Å². The van der Waals surface area contributed by atoms with Gasteiger partial charge in [0.25, 0.3) is 5.91 Å². The Labute approximate surface area is 120 Å². The number of anilines is 1. The van der Waals surface area contributed by atoms with E-state index in [0.29, 0.717) is 19.1 Å². The number of fused-ring (bicyclic) bond motifs is 1. The number of benzene rings is 1. The lowest BCUT2D eigenvalue weighted by molar-refractivity contribution is 0.0806. The van der Waals surface area contributed by atoms with Gasteiger partial charge < -0.3 is 15.4 Å². The van der Waals surface area contributed by atoms with Gasteiger partial charge in [0, 0.05) is 24.4 Å². The van der Waals surface area contributed by atoms with Gasteiger partial charge in [-0.15, -0.1) is 0 Å². The molecule has 0 aromatic heterocycles. The molecule has 1 amide bonds. The number of hydrogen-bond acceptors (Lipinski definition) is 3. The predicted octanol–water partition coefficient (Wildman–Crippen LogP) is 2.45. The molecule has 2 N–H and O–H groups in total. The van der Waals surface area contributed by atoms with Crippen molar-refractivity contribution in [1.82, 2.24) is 5.32 Å². The van der Waals surface area contributed by atoms with Crippen molar-refractivity contribution >= 4 is 11.6 Å². The minimum absolute atomic E-state index is 0.0156. The Morgan fingerprint density at radius 1 is 1.45 bits per heavy atom. The van der Waals surface area contributed by atoms with Crippen LogP contribution in [0.4, 0.5) is 5.69 Å². The number of ether oxygens (including phenoxy) is 1. The summed E-state index contributed by atoms with van der Waals surface area (Å²) in [6, 6.07) is 5.91. The van der Waals surface area contributed by atoms with Gasteiger partial charge in [0.1, 0.15) is 0 Å². The lowest BCUT2D eigenvalue weighted by atomic mass is 10.0. The average Bonchev–Trinajstić information content (AvgIpc) is 2.90. The summed E-state index contributed by atoms with van der Waals surface area (Å²) in [6.45, 7) is 8.34. The maximum Gasteiger partial charge on any atom is 0.251 e. The smallest absolute Gasteiger partial charge is 0.251 e. The van der Waals surface area contributed by atoms with Crippen molar-refractivity contribution in [3.63, 3.8) is 0 Å². The van der Waals surface area contributed by atoms with Crippen molar-refractivity contribution in [2.45, 2.75) is 33.2 Å². The Bertz CT molecular complexity index is 472. The van der Waals surface area contributed by atoms with Crippen LogP contribution in [0.2, 0.25) is 0 Å². The van der Waals surface area contributed by atoms with E-state index in [0.717, 1.165) is 24.2 Å². The molecule has 0 saturated heterocycles. The van der Waals surface area contributed by atoms with E-state index in [-0.39, 0.29) is 11.9 Å². The highest BCUT2D eigenvalue weighted by atomic mass is 16.5. The molecule has 0 aliphatic carbocycles. The molecule has 20 heavy (non-hydrogen) atoms. The monoisotopic (exact) mass is 276 g/mol. The molecule has 4 nitrogen and oxygen atoms in total. The van der Waals surface area contributed by atoms with Gasteiger partial charge in [-0.2, -0.15) is 0 Å². The quantitative estimate of drug-likeness (QED) is 0.839. The Morgan fingerprint density at radius 2 is 2.25 bits per heavy atom. The van der Waals surface area contributed by atoms with Gasteiger partial charge in [-0.3, -0.25) is 4.79 Å². The van der Waals surface area contributed by atoms with Crippen molar-refractivity contribution in [2.75, 3.05) is 25.1 Å². The molecule has 0 saturated carbocycles. The first-order chi connectivity index (χ1) is 9.61. The minimum atomic E-state index is -0.0156. The third kappa shape index (κ3) is 3.51. The van der Waals surface area contributed by atoms with E-state index in [9.17, 15) is 4.79 Å². The van der Waals surface area contributed by atoms with Crippen molar-refractivity contribution < 1.29 is 9.53 Å². The molecule has 0 radical (unpaired) electrons. The molecular formula is C16H24N2O2. The zero-order valence-electron chi connectivity index (χ0n) is 12.5. The number of carbonyl (C=O) groups excluding carboxylic acids is 1. The Morgan fingerprint density at radius 3 is 2.95 bits per heavy atom. The highest BCUT2D eigenvalue weighted by Gasteiger charge is 2.19. The predicted molar refractivity (Wildman–Crippen MR) is 81.2 cm³/mol. The summed E-state index contributed by atoms with van der Waals surface area (Å²) in [7, 11) is 0. The summed E-state index contributed by atoms with van der Waals surface area (Å²) >= 11 is 0. The summed E-state index contributed by atoms with van der Waals surface area (Å²) in [5, 5.41) is 6.38. The van der Waals surface area contributed by atoms with Crippen molar-refractivity contribution in [3.8, 4) is 0 Å². The maximum absolute atomic E-state index is 12.3. The summed E-state index contributed by atoms with van der Waals surface area (Å²) in [5.74, 6) is 0.333. The van der Waals surface area contributed by atoms with Crippen LogP contribution < -0.4 is 10.6 Å². The molecular weight excluding hydrogens is 252 g/mol. The highest BCUT2D eigenvalue weighted by molar-refractivity contribution is 5.95. The fraction of sp³-hybridized carbons (Fsp3) is 0.562. The Kier molecular flexibility index (Phi) is 5.01. The number of hydrogen-bond donors (Lipinski definition) is 2. The molecule has 0 bridgehead atoms. The van der Waals surface area contributed by atoms with E-state index in [2.05, 4.69) is 24.5 Å². The van der Waals surface area contributed by atoms with Crippen LogP contribution in [-0.4, -0.2) is 31.7 Å². The first-order valence-electron chi connectivity index (χ1n) is 7.37. The number of rotatable bonds is 6. The molecule has 110 valence electrons. The molecule has 0 spiro atoms. The first kappa shape index (κ1) is 14.9. The molecule has 1 aliphatic rings. The van der Waals surface area contributed by atoms with Crippen molar-refractivity contribution in [3.05, 3.63) is 29.3 Å². The lowest BCUT2D eigenvalue weighted by Gasteiger charge is -2.22. The number of nitrogens with one attached hydrogen (secondary N) is 2. The van der Waals surface area contributed by atoms with Crippen LogP contribution in [0.1, 0.15) is 36.7 Å². The molecule has 1 atom stereocenters. The summed E-state index contributed by atoms with van der Waals surface area (Å²) in [5.41, 5.74) is 3.11. The maximum atomic E-state index is 12.3. The van der Waals surface area contributed by atoms with Gasteiger partial charge in [-0.25, -0.2) is 0 Å². The van der Waals surface area contributed by atoms with E-state index < -0.39 is 0 Å². The molecule has 1 unspecified atom stereocenters. The molecule has 0 fully saturated rings. The molecule has 1 aromatic carbocycles. The molecule has 1 aliphatic heterocycles.